The van der Waals surface area contributed by atoms with Crippen LogP contribution in [0.4, 0.5) is 0 Å². The average Bonchev–Trinajstić information content (AvgIpc) is 3.20. The quantitative estimate of drug-likeness (QED) is 0.408. The van der Waals surface area contributed by atoms with Crippen molar-refractivity contribution < 1.29 is 34.3 Å². The Morgan fingerprint density at radius 2 is 1.85 bits per heavy atom. The Bertz CT molecular complexity index is 1270. The summed E-state index contributed by atoms with van der Waals surface area (Å²) in [4.78, 5) is 16.9. The lowest BCUT2D eigenvalue weighted by Crippen LogP contribution is -2.59. The Morgan fingerprint density at radius 3 is 2.59 bits per heavy atom. The maximum Gasteiger partial charge on any atom is 0.195 e. The van der Waals surface area contributed by atoms with E-state index in [9.17, 15) is 20.1 Å². The molecule has 0 radical (unpaired) electrons. The third-order valence-electron chi connectivity index (χ3n) is 6.84. The van der Waals surface area contributed by atoms with Gasteiger partial charge < -0.3 is 34.5 Å². The van der Waals surface area contributed by atoms with Crippen molar-refractivity contribution in [1.29, 1.82) is 0 Å². The third kappa shape index (κ3) is 3.59. The predicted octanol–water partition coefficient (Wildman–Crippen LogP) is 2.63. The Labute approximate surface area is 204 Å². The summed E-state index contributed by atoms with van der Waals surface area (Å²) in [5.41, 5.74) is 3.36. The molecular formula is C25H26BrNO7. The number of hydrogen-bond acceptors (Lipinski definition) is 7. The number of fused-ring (bicyclic) bond motifs is 4. The van der Waals surface area contributed by atoms with E-state index < -0.39 is 36.1 Å². The summed E-state index contributed by atoms with van der Waals surface area (Å²) in [6.07, 6.45) is -6.11. The lowest BCUT2D eigenvalue weighted by atomic mass is 9.71. The van der Waals surface area contributed by atoms with E-state index in [2.05, 4.69) is 34.8 Å². The summed E-state index contributed by atoms with van der Waals surface area (Å²) in [6.45, 7) is 4.03. The highest BCUT2D eigenvalue weighted by molar-refractivity contribution is 9.10. The molecule has 1 saturated heterocycles. The first-order valence-corrected chi connectivity index (χ1v) is 11.8. The zero-order valence-electron chi connectivity index (χ0n) is 18.9. The number of ether oxygens (including phenoxy) is 3. The van der Waals surface area contributed by atoms with Crippen LogP contribution in [0.25, 0.3) is 10.9 Å². The van der Waals surface area contributed by atoms with E-state index in [0.29, 0.717) is 16.9 Å². The van der Waals surface area contributed by atoms with Gasteiger partial charge in [-0.25, -0.2) is 0 Å². The summed E-state index contributed by atoms with van der Waals surface area (Å²) >= 11 is 3.49. The van der Waals surface area contributed by atoms with Crippen LogP contribution in [-0.4, -0.2) is 70.5 Å². The van der Waals surface area contributed by atoms with E-state index in [1.807, 2.05) is 24.3 Å². The van der Waals surface area contributed by atoms with E-state index in [1.165, 1.54) is 7.11 Å². The first-order valence-electron chi connectivity index (χ1n) is 11.0. The molecule has 9 heteroatoms. The molecule has 0 bridgehead atoms. The Balaban J connectivity index is 1.44. The van der Waals surface area contributed by atoms with Crippen molar-refractivity contribution in [2.75, 3.05) is 13.7 Å². The van der Waals surface area contributed by atoms with Crippen LogP contribution in [0.2, 0.25) is 0 Å². The van der Waals surface area contributed by atoms with Crippen molar-refractivity contribution >= 4 is 32.6 Å². The summed E-state index contributed by atoms with van der Waals surface area (Å²) in [5, 5.41) is 31.2. The monoisotopic (exact) mass is 531 g/mol. The Kier molecular flexibility index (Phi) is 5.83. The SMILES string of the molecule is CO[C@H]1OC(COc2ccc3c(c2)C(C)(C)c2[nH]c4cc(Br)ccc4c2C3=O)[C@@H](O)[C@H](O)[C@H]1O. The number of benzene rings is 2. The van der Waals surface area contributed by atoms with Crippen LogP contribution in [0.5, 0.6) is 5.75 Å². The van der Waals surface area contributed by atoms with E-state index in [4.69, 9.17) is 14.2 Å². The maximum atomic E-state index is 13.5. The topological polar surface area (TPSA) is 121 Å². The summed E-state index contributed by atoms with van der Waals surface area (Å²) in [5.74, 6) is 0.447. The minimum atomic E-state index is -1.42. The van der Waals surface area contributed by atoms with Gasteiger partial charge in [0.25, 0.3) is 0 Å². The molecule has 3 aromatic rings. The minimum Gasteiger partial charge on any atom is -0.491 e. The van der Waals surface area contributed by atoms with Gasteiger partial charge >= 0.3 is 0 Å². The second-order valence-electron chi connectivity index (χ2n) is 9.29. The number of H-pyrrole nitrogens is 1. The van der Waals surface area contributed by atoms with Gasteiger partial charge in [-0.3, -0.25) is 4.79 Å². The molecule has 5 rings (SSSR count). The van der Waals surface area contributed by atoms with E-state index in [0.717, 1.165) is 26.6 Å². The second-order valence-corrected chi connectivity index (χ2v) is 10.2. The van der Waals surface area contributed by atoms with Crippen molar-refractivity contribution in [2.24, 2.45) is 0 Å². The number of nitrogens with one attached hydrogen (secondary N) is 1. The normalized spacial score (nSPS) is 28.0. The molecule has 0 saturated carbocycles. The number of hydrogen-bond donors (Lipinski definition) is 4. The van der Waals surface area contributed by atoms with Crippen LogP contribution in [0, 0.1) is 0 Å². The van der Waals surface area contributed by atoms with Crippen molar-refractivity contribution in [1.82, 2.24) is 4.98 Å². The van der Waals surface area contributed by atoms with Crippen LogP contribution in [0.1, 0.15) is 41.0 Å². The lowest BCUT2D eigenvalue weighted by Gasteiger charge is -2.39. The van der Waals surface area contributed by atoms with Gasteiger partial charge in [0, 0.05) is 39.2 Å². The molecule has 4 N–H and O–H groups in total. The fourth-order valence-electron chi connectivity index (χ4n) is 4.90. The number of aliphatic hydroxyl groups is 3. The van der Waals surface area contributed by atoms with Gasteiger partial charge in [0.15, 0.2) is 12.1 Å². The van der Waals surface area contributed by atoms with E-state index in [-0.39, 0.29) is 12.4 Å². The molecular weight excluding hydrogens is 506 g/mol. The van der Waals surface area contributed by atoms with Gasteiger partial charge in [-0.2, -0.15) is 0 Å². The zero-order chi connectivity index (χ0) is 24.4. The molecule has 1 unspecified atom stereocenters. The molecule has 1 aliphatic carbocycles. The zero-order valence-corrected chi connectivity index (χ0v) is 20.5. The van der Waals surface area contributed by atoms with Crippen LogP contribution in [0.3, 0.4) is 0 Å². The summed E-state index contributed by atoms with van der Waals surface area (Å²) in [7, 11) is 1.34. The smallest absolute Gasteiger partial charge is 0.195 e. The fraction of sp³-hybridized carbons (Fsp3) is 0.400. The molecule has 1 aromatic heterocycles. The van der Waals surface area contributed by atoms with E-state index in [1.54, 1.807) is 12.1 Å². The van der Waals surface area contributed by atoms with Gasteiger partial charge in [0.05, 0.1) is 5.56 Å². The number of aromatic amines is 1. The molecule has 5 atom stereocenters. The highest BCUT2D eigenvalue weighted by atomic mass is 79.9. The van der Waals surface area contributed by atoms with Crippen LogP contribution in [0.15, 0.2) is 40.9 Å². The van der Waals surface area contributed by atoms with Crippen molar-refractivity contribution in [2.45, 2.75) is 50.0 Å². The van der Waals surface area contributed by atoms with Crippen LogP contribution in [-0.2, 0) is 14.9 Å². The molecule has 8 nitrogen and oxygen atoms in total. The molecule has 2 aliphatic rings. The molecule has 180 valence electrons. The standard InChI is InChI=1S/C25H26BrNO7/c1-25(2)15-9-12(33-10-17-20(29)21(30)22(31)24(32-3)34-17)5-7-13(15)19(28)18-14-6-4-11(26)8-16(14)27-23(18)25/h4-9,17,20-22,24,27,29-31H,10H2,1-3H3/t17?,20-,21+,22-,24+/m1/s1. The third-order valence-corrected chi connectivity index (χ3v) is 7.33. The summed E-state index contributed by atoms with van der Waals surface area (Å²) in [6, 6.07) is 11.1. The first-order chi connectivity index (χ1) is 16.1. The highest BCUT2D eigenvalue weighted by Gasteiger charge is 2.44. The highest BCUT2D eigenvalue weighted by Crippen LogP contribution is 2.45. The number of ketones is 1. The van der Waals surface area contributed by atoms with Crippen molar-refractivity contribution in [3.63, 3.8) is 0 Å². The average molecular weight is 532 g/mol. The maximum absolute atomic E-state index is 13.5. The molecule has 0 spiro atoms. The Hall–Kier alpha value is -2.27. The van der Waals surface area contributed by atoms with Crippen molar-refractivity contribution in [3.05, 3.63) is 63.3 Å². The first kappa shape index (κ1) is 23.5. The lowest BCUT2D eigenvalue weighted by molar-refractivity contribution is -0.293. The molecule has 1 fully saturated rings. The fourth-order valence-corrected chi connectivity index (χ4v) is 5.26. The Morgan fingerprint density at radius 1 is 1.09 bits per heavy atom. The number of halogens is 1. The number of rotatable bonds is 4. The number of aliphatic hydroxyl groups excluding tert-OH is 3. The van der Waals surface area contributed by atoms with Crippen LogP contribution < -0.4 is 4.74 Å². The van der Waals surface area contributed by atoms with Gasteiger partial charge in [-0.1, -0.05) is 35.8 Å². The largest absolute Gasteiger partial charge is 0.491 e. The van der Waals surface area contributed by atoms with Gasteiger partial charge in [0.1, 0.15) is 36.8 Å². The number of carbonyl (C=O) groups excluding carboxylic acids is 1. The minimum absolute atomic E-state index is 0.0458. The number of methoxy groups -OCH3 is 1. The second kappa shape index (κ2) is 8.44. The molecule has 34 heavy (non-hydrogen) atoms. The number of carbonyl (C=O) groups is 1. The molecule has 1 aliphatic heterocycles. The van der Waals surface area contributed by atoms with Gasteiger partial charge in [-0.15, -0.1) is 0 Å². The predicted molar refractivity (Wildman–Crippen MR) is 127 cm³/mol. The van der Waals surface area contributed by atoms with Gasteiger partial charge in [-0.05, 0) is 35.9 Å². The van der Waals surface area contributed by atoms with Gasteiger partial charge in [0.2, 0.25) is 0 Å². The molecule has 0 amide bonds. The van der Waals surface area contributed by atoms with E-state index >= 15 is 0 Å². The summed E-state index contributed by atoms with van der Waals surface area (Å²) < 4.78 is 17.4. The van der Waals surface area contributed by atoms with Crippen molar-refractivity contribution in [3.8, 4) is 5.75 Å². The molecule has 2 aromatic carbocycles. The number of aromatic nitrogens is 1. The van der Waals surface area contributed by atoms with Crippen LogP contribution >= 0.6 is 15.9 Å². The molecule has 2 heterocycles.